The summed E-state index contributed by atoms with van der Waals surface area (Å²) in [6.45, 7) is 0. The second-order valence-corrected chi connectivity index (χ2v) is 8.08. The van der Waals surface area contributed by atoms with Gasteiger partial charge in [-0.3, -0.25) is 4.79 Å². The van der Waals surface area contributed by atoms with Gasteiger partial charge in [-0.1, -0.05) is 35.3 Å². The lowest BCUT2D eigenvalue weighted by Crippen LogP contribution is -2.09. The molecule has 0 bridgehead atoms. The Morgan fingerprint density at radius 3 is 1.72 bits per heavy atom. The highest BCUT2D eigenvalue weighted by Gasteiger charge is 2.23. The predicted molar refractivity (Wildman–Crippen MR) is 124 cm³/mol. The lowest BCUT2D eigenvalue weighted by Gasteiger charge is -2.13. The molecule has 0 spiro atoms. The second-order valence-electron chi connectivity index (χ2n) is 6.69. The van der Waals surface area contributed by atoms with Crippen LogP contribution in [0.5, 0.6) is 0 Å². The van der Waals surface area contributed by atoms with E-state index in [2.05, 4.69) is 19.9 Å². The molecule has 0 fully saturated rings. The topological polar surface area (TPSA) is 88.9 Å². The summed E-state index contributed by atoms with van der Waals surface area (Å²) in [4.78, 5) is 26.2. The number of aromatic nitrogens is 4. The van der Waals surface area contributed by atoms with E-state index in [0.29, 0.717) is 0 Å². The molecule has 4 aromatic rings. The average Bonchev–Trinajstić information content (AvgIpc) is 2.79. The summed E-state index contributed by atoms with van der Waals surface area (Å²) in [5, 5.41) is 9.23. The third-order valence-corrected chi connectivity index (χ3v) is 5.41. The number of carbonyl (C=O) groups is 1. The number of hydrogen-bond acceptors (Lipinski definition) is 6. The van der Waals surface area contributed by atoms with Crippen LogP contribution in [0.2, 0.25) is 20.9 Å². The van der Waals surface area contributed by atoms with E-state index in [1.807, 2.05) is 0 Å². The summed E-state index contributed by atoms with van der Waals surface area (Å²) in [6.07, 6.45) is 0.538. The first kappa shape index (κ1) is 27.7. The van der Waals surface area contributed by atoms with Gasteiger partial charge in [-0.05, 0) is 47.5 Å². The van der Waals surface area contributed by atoms with Gasteiger partial charge in [0.1, 0.15) is 39.7 Å². The summed E-state index contributed by atoms with van der Waals surface area (Å²) in [5.74, 6) is -4.66. The lowest BCUT2D eigenvalue weighted by atomic mass is 10.0. The molecule has 2 aromatic carbocycles. The second kappa shape index (κ2) is 11.9. The van der Waals surface area contributed by atoms with E-state index in [1.54, 1.807) is 0 Å². The van der Waals surface area contributed by atoms with Crippen LogP contribution in [0.1, 0.15) is 33.2 Å². The molecule has 0 aliphatic rings. The fourth-order valence-electron chi connectivity index (χ4n) is 2.80. The number of aliphatic hydroxyl groups excluding tert-OH is 1. The number of aliphatic hydroxyl groups is 1. The Morgan fingerprint density at radius 2 is 1.22 bits per heavy atom. The van der Waals surface area contributed by atoms with E-state index in [0.717, 1.165) is 42.7 Å². The molecule has 186 valence electrons. The highest BCUT2D eigenvalue weighted by molar-refractivity contribution is 6.35. The standard InChI is InChI=1S/C11H6Cl2F2N2O.C11H4Cl2F2N2O/c2*12-10-5(4-16-11(13)17-10)9(18)8-6(14)2-1-3-7(8)15/h1-4,9,18H;1-4H. The van der Waals surface area contributed by atoms with Crippen LogP contribution in [0.3, 0.4) is 0 Å². The zero-order valence-electron chi connectivity index (χ0n) is 17.4. The van der Waals surface area contributed by atoms with Crippen molar-refractivity contribution in [1.29, 1.82) is 0 Å². The van der Waals surface area contributed by atoms with Gasteiger partial charge in [-0.2, -0.15) is 0 Å². The molecule has 0 aliphatic heterocycles. The molecule has 0 radical (unpaired) electrons. The monoisotopic (exact) mass is 578 g/mol. The fraction of sp³-hybridized carbons (Fsp3) is 0.0455. The number of benzene rings is 2. The molecule has 1 unspecified atom stereocenters. The third-order valence-electron chi connectivity index (χ3n) is 4.45. The van der Waals surface area contributed by atoms with E-state index in [9.17, 15) is 27.5 Å². The molecular weight excluding hydrogens is 570 g/mol. The van der Waals surface area contributed by atoms with Gasteiger partial charge in [-0.15, -0.1) is 0 Å². The van der Waals surface area contributed by atoms with Gasteiger partial charge in [0.15, 0.2) is 0 Å². The molecule has 0 saturated heterocycles. The minimum absolute atomic E-state index is 0.0231. The lowest BCUT2D eigenvalue weighted by molar-refractivity contribution is 0.103. The predicted octanol–water partition coefficient (Wildman–Crippen LogP) is 6.44. The van der Waals surface area contributed by atoms with Crippen LogP contribution < -0.4 is 0 Å². The summed E-state index contributed by atoms with van der Waals surface area (Å²) >= 11 is 22.4. The number of hydrogen-bond donors (Lipinski definition) is 1. The quantitative estimate of drug-likeness (QED) is 0.130. The molecule has 36 heavy (non-hydrogen) atoms. The van der Waals surface area contributed by atoms with Gasteiger partial charge < -0.3 is 5.11 Å². The molecule has 0 aliphatic carbocycles. The highest BCUT2D eigenvalue weighted by Crippen LogP contribution is 2.30. The van der Waals surface area contributed by atoms with Crippen molar-refractivity contribution in [2.75, 3.05) is 0 Å². The van der Waals surface area contributed by atoms with Gasteiger partial charge in [0.05, 0.1) is 16.7 Å². The van der Waals surface area contributed by atoms with Crippen LogP contribution >= 0.6 is 46.4 Å². The third kappa shape index (κ3) is 6.26. The van der Waals surface area contributed by atoms with Gasteiger partial charge in [0, 0.05) is 18.0 Å². The first-order valence-electron chi connectivity index (χ1n) is 9.47. The minimum atomic E-state index is -1.60. The van der Waals surface area contributed by atoms with Gasteiger partial charge in [0.2, 0.25) is 16.4 Å². The number of carbonyl (C=O) groups excluding carboxylic acids is 1. The summed E-state index contributed by atoms with van der Waals surface area (Å²) in [7, 11) is 0. The van der Waals surface area contributed by atoms with Crippen LogP contribution in [0.4, 0.5) is 17.6 Å². The van der Waals surface area contributed by atoms with E-state index < -0.39 is 46.3 Å². The van der Waals surface area contributed by atoms with Crippen molar-refractivity contribution in [2.24, 2.45) is 0 Å². The minimum Gasteiger partial charge on any atom is -0.383 e. The summed E-state index contributed by atoms with van der Waals surface area (Å²) < 4.78 is 53.8. The molecule has 14 heteroatoms. The van der Waals surface area contributed by atoms with Crippen molar-refractivity contribution in [3.63, 3.8) is 0 Å². The Kier molecular flexibility index (Phi) is 9.15. The molecule has 4 rings (SSSR count). The van der Waals surface area contributed by atoms with Crippen molar-refractivity contribution < 1.29 is 27.5 Å². The van der Waals surface area contributed by atoms with Gasteiger partial charge >= 0.3 is 0 Å². The first-order valence-corrected chi connectivity index (χ1v) is 11.0. The molecule has 1 atom stereocenters. The highest BCUT2D eigenvalue weighted by atomic mass is 35.5. The number of halogens is 8. The molecular formula is C22H10Cl4F4N4O2. The van der Waals surface area contributed by atoms with Crippen molar-refractivity contribution in [2.45, 2.75) is 6.10 Å². The van der Waals surface area contributed by atoms with Gasteiger partial charge in [0.25, 0.3) is 0 Å². The van der Waals surface area contributed by atoms with Crippen LogP contribution in [-0.4, -0.2) is 30.8 Å². The number of ketones is 1. The van der Waals surface area contributed by atoms with E-state index >= 15 is 0 Å². The molecule has 2 aromatic heterocycles. The Hall–Kier alpha value is -2.89. The van der Waals surface area contributed by atoms with E-state index in [1.165, 1.54) is 6.07 Å². The Bertz CT molecular complexity index is 1410. The molecule has 1 N–H and O–H groups in total. The Balaban J connectivity index is 0.000000201. The van der Waals surface area contributed by atoms with Crippen LogP contribution in [-0.2, 0) is 0 Å². The summed E-state index contributed by atoms with van der Waals surface area (Å²) in [5.41, 5.74) is -1.45. The normalized spacial score (nSPS) is 11.5. The first-order chi connectivity index (χ1) is 17.0. The summed E-state index contributed by atoms with van der Waals surface area (Å²) in [6, 6.07) is 6.36. The SMILES string of the molecule is O=C(c1cnc(Cl)nc1Cl)c1c(F)cccc1F.OC(c1cnc(Cl)nc1Cl)c1c(F)cccc1F. The Morgan fingerprint density at radius 1 is 0.750 bits per heavy atom. The zero-order chi connectivity index (χ0) is 26.6. The number of rotatable bonds is 4. The molecule has 6 nitrogen and oxygen atoms in total. The maximum Gasteiger partial charge on any atom is 0.223 e. The largest absolute Gasteiger partial charge is 0.383 e. The van der Waals surface area contributed by atoms with Crippen LogP contribution in [0.15, 0.2) is 48.8 Å². The maximum absolute atomic E-state index is 13.5. The van der Waals surface area contributed by atoms with Crippen LogP contribution in [0, 0.1) is 23.3 Å². The fourth-order valence-corrected chi connectivity index (χ4v) is 3.60. The molecule has 0 amide bonds. The molecule has 2 heterocycles. The van der Waals surface area contributed by atoms with Crippen molar-refractivity contribution in [3.8, 4) is 0 Å². The van der Waals surface area contributed by atoms with E-state index in [4.69, 9.17) is 46.4 Å². The average molecular weight is 580 g/mol. The van der Waals surface area contributed by atoms with Crippen LogP contribution in [0.25, 0.3) is 0 Å². The number of nitrogens with zero attached hydrogens (tertiary/aromatic N) is 4. The Labute approximate surface area is 220 Å². The van der Waals surface area contributed by atoms with Crippen molar-refractivity contribution in [3.05, 3.63) is 115 Å². The zero-order valence-corrected chi connectivity index (χ0v) is 20.4. The maximum atomic E-state index is 13.5. The molecule has 0 saturated carbocycles. The van der Waals surface area contributed by atoms with E-state index in [-0.39, 0.29) is 32.0 Å². The smallest absolute Gasteiger partial charge is 0.223 e. The van der Waals surface area contributed by atoms with Crippen molar-refractivity contribution >= 4 is 52.2 Å². The van der Waals surface area contributed by atoms with Gasteiger partial charge in [-0.25, -0.2) is 37.5 Å². The van der Waals surface area contributed by atoms with Crippen molar-refractivity contribution in [1.82, 2.24) is 19.9 Å².